The molecule has 1 N–H and O–H groups in total. The lowest BCUT2D eigenvalue weighted by Crippen LogP contribution is -2.23. The minimum atomic E-state index is -0.905. The first-order valence-corrected chi connectivity index (χ1v) is 6.96. The normalized spacial score (nSPS) is 23.8. The Morgan fingerprint density at radius 3 is 3.11 bits per heavy atom. The Balaban J connectivity index is 2.00. The number of nitrogens with zero attached hydrogens (tertiary/aromatic N) is 1. The second kappa shape index (κ2) is 6.20. The third-order valence-corrected chi connectivity index (χ3v) is 4.41. The van der Waals surface area contributed by atoms with Gasteiger partial charge in [0.1, 0.15) is 0 Å². The molecule has 1 aromatic rings. The Bertz CT molecular complexity index is 424. The average molecular weight is 267 g/mol. The van der Waals surface area contributed by atoms with Gasteiger partial charge in [0.25, 0.3) is 0 Å². The van der Waals surface area contributed by atoms with Gasteiger partial charge in [0.05, 0.1) is 16.7 Å². The lowest BCUT2D eigenvalue weighted by atomic mass is 9.97. The SMILES string of the molecule is COC1CCCC(Sc2cc(C(=O)O)ccn2)C1. The highest BCUT2D eigenvalue weighted by molar-refractivity contribution is 7.99. The molecule has 0 radical (unpaired) electrons. The van der Waals surface area contributed by atoms with Crippen molar-refractivity contribution in [2.75, 3.05) is 7.11 Å². The molecular formula is C13H17NO3S. The highest BCUT2D eigenvalue weighted by atomic mass is 32.2. The fourth-order valence-corrected chi connectivity index (χ4v) is 3.45. The predicted molar refractivity (Wildman–Crippen MR) is 70.1 cm³/mol. The van der Waals surface area contributed by atoms with Crippen molar-refractivity contribution >= 4 is 17.7 Å². The van der Waals surface area contributed by atoms with Gasteiger partial charge in [-0.3, -0.25) is 0 Å². The van der Waals surface area contributed by atoms with Crippen LogP contribution in [0.3, 0.4) is 0 Å². The smallest absolute Gasteiger partial charge is 0.335 e. The molecule has 0 amide bonds. The average Bonchev–Trinajstić information content (AvgIpc) is 2.39. The van der Waals surface area contributed by atoms with E-state index in [1.54, 1.807) is 31.1 Å². The minimum Gasteiger partial charge on any atom is -0.478 e. The number of rotatable bonds is 4. The van der Waals surface area contributed by atoms with Gasteiger partial charge >= 0.3 is 5.97 Å². The number of methoxy groups -OCH3 is 1. The highest BCUT2D eigenvalue weighted by Crippen LogP contribution is 2.33. The number of aromatic carboxylic acids is 1. The van der Waals surface area contributed by atoms with E-state index in [1.807, 2.05) is 0 Å². The summed E-state index contributed by atoms with van der Waals surface area (Å²) in [4.78, 5) is 15.1. The molecule has 0 spiro atoms. The first kappa shape index (κ1) is 13.4. The van der Waals surface area contributed by atoms with E-state index < -0.39 is 5.97 Å². The van der Waals surface area contributed by atoms with E-state index in [0.717, 1.165) is 30.7 Å². The fraction of sp³-hybridized carbons (Fsp3) is 0.538. The second-order valence-corrected chi connectivity index (χ2v) is 5.77. The number of hydrogen-bond donors (Lipinski definition) is 1. The van der Waals surface area contributed by atoms with Crippen molar-refractivity contribution in [1.29, 1.82) is 0 Å². The Hall–Kier alpha value is -1.07. The van der Waals surface area contributed by atoms with Gasteiger partial charge in [-0.1, -0.05) is 0 Å². The largest absolute Gasteiger partial charge is 0.478 e. The monoisotopic (exact) mass is 267 g/mol. The van der Waals surface area contributed by atoms with Crippen LogP contribution in [0.2, 0.25) is 0 Å². The maximum Gasteiger partial charge on any atom is 0.335 e. The molecule has 18 heavy (non-hydrogen) atoms. The summed E-state index contributed by atoms with van der Waals surface area (Å²) in [5.74, 6) is -0.905. The second-order valence-electron chi connectivity index (χ2n) is 4.45. The molecule has 1 saturated carbocycles. The number of hydrogen-bond acceptors (Lipinski definition) is 4. The Labute approximate surface area is 111 Å². The standard InChI is InChI=1S/C13H17NO3S/c1-17-10-3-2-4-11(8-10)18-12-7-9(13(15)16)5-6-14-12/h5-7,10-11H,2-4,8H2,1H3,(H,15,16). The van der Waals surface area contributed by atoms with Gasteiger partial charge in [-0.15, -0.1) is 11.8 Å². The zero-order valence-electron chi connectivity index (χ0n) is 10.3. The fourth-order valence-electron chi connectivity index (χ4n) is 2.20. The van der Waals surface area contributed by atoms with Crippen LogP contribution in [-0.4, -0.2) is 34.5 Å². The van der Waals surface area contributed by atoms with Crippen molar-refractivity contribution in [1.82, 2.24) is 4.98 Å². The van der Waals surface area contributed by atoms with Gasteiger partial charge in [0.15, 0.2) is 0 Å². The number of carboxylic acid groups (broad SMARTS) is 1. The molecule has 0 aliphatic heterocycles. The van der Waals surface area contributed by atoms with Gasteiger partial charge in [-0.2, -0.15) is 0 Å². The zero-order valence-corrected chi connectivity index (χ0v) is 11.2. The molecule has 2 unspecified atom stereocenters. The van der Waals surface area contributed by atoms with E-state index in [1.165, 1.54) is 6.07 Å². The number of pyridine rings is 1. The molecule has 1 aliphatic rings. The molecule has 0 bridgehead atoms. The maximum absolute atomic E-state index is 10.9. The molecule has 1 aliphatic carbocycles. The minimum absolute atomic E-state index is 0.298. The quantitative estimate of drug-likeness (QED) is 0.909. The van der Waals surface area contributed by atoms with E-state index in [0.29, 0.717) is 16.9 Å². The van der Waals surface area contributed by atoms with E-state index in [4.69, 9.17) is 9.84 Å². The summed E-state index contributed by atoms with van der Waals surface area (Å²) in [6, 6.07) is 3.16. The summed E-state index contributed by atoms with van der Waals surface area (Å²) in [5.41, 5.74) is 0.298. The maximum atomic E-state index is 10.9. The van der Waals surface area contributed by atoms with Crippen molar-refractivity contribution < 1.29 is 14.6 Å². The van der Waals surface area contributed by atoms with Crippen molar-refractivity contribution in [3.05, 3.63) is 23.9 Å². The van der Waals surface area contributed by atoms with Crippen molar-refractivity contribution in [3.63, 3.8) is 0 Å². The van der Waals surface area contributed by atoms with Crippen LogP contribution in [0.25, 0.3) is 0 Å². The molecule has 4 nitrogen and oxygen atoms in total. The lowest BCUT2D eigenvalue weighted by molar-refractivity contribution is 0.0695. The number of carbonyl (C=O) groups is 1. The predicted octanol–water partition coefficient (Wildman–Crippen LogP) is 2.83. The third kappa shape index (κ3) is 3.46. The van der Waals surface area contributed by atoms with Crippen molar-refractivity contribution in [3.8, 4) is 0 Å². The summed E-state index contributed by atoms with van der Waals surface area (Å²) in [6.45, 7) is 0. The summed E-state index contributed by atoms with van der Waals surface area (Å²) >= 11 is 1.66. The molecule has 2 atom stereocenters. The molecule has 0 aromatic carbocycles. The van der Waals surface area contributed by atoms with Gasteiger partial charge < -0.3 is 9.84 Å². The first-order valence-electron chi connectivity index (χ1n) is 6.08. The molecule has 1 heterocycles. The van der Waals surface area contributed by atoms with E-state index >= 15 is 0 Å². The Kier molecular flexibility index (Phi) is 4.60. The summed E-state index contributed by atoms with van der Waals surface area (Å²) in [7, 11) is 1.75. The number of carboxylic acids is 1. The summed E-state index contributed by atoms with van der Waals surface area (Å²) < 4.78 is 5.39. The highest BCUT2D eigenvalue weighted by Gasteiger charge is 2.23. The van der Waals surface area contributed by atoms with Crippen LogP contribution in [0.15, 0.2) is 23.4 Å². The van der Waals surface area contributed by atoms with Crippen LogP contribution in [0.4, 0.5) is 0 Å². The van der Waals surface area contributed by atoms with Crippen LogP contribution in [0.5, 0.6) is 0 Å². The molecule has 1 fully saturated rings. The number of aromatic nitrogens is 1. The van der Waals surface area contributed by atoms with E-state index in [2.05, 4.69) is 4.98 Å². The number of ether oxygens (including phenoxy) is 1. The Morgan fingerprint density at radius 2 is 2.39 bits per heavy atom. The molecule has 1 aromatic heterocycles. The van der Waals surface area contributed by atoms with E-state index in [-0.39, 0.29) is 0 Å². The van der Waals surface area contributed by atoms with Crippen molar-refractivity contribution in [2.24, 2.45) is 0 Å². The lowest BCUT2D eigenvalue weighted by Gasteiger charge is -2.27. The van der Waals surface area contributed by atoms with Gasteiger partial charge in [-0.25, -0.2) is 9.78 Å². The van der Waals surface area contributed by atoms with Crippen LogP contribution >= 0.6 is 11.8 Å². The van der Waals surface area contributed by atoms with E-state index in [9.17, 15) is 4.79 Å². The van der Waals surface area contributed by atoms with Gasteiger partial charge in [0.2, 0.25) is 0 Å². The molecule has 98 valence electrons. The molecule has 5 heteroatoms. The number of thioether (sulfide) groups is 1. The van der Waals surface area contributed by atoms with Gasteiger partial charge in [-0.05, 0) is 37.8 Å². The first-order chi connectivity index (χ1) is 8.69. The topological polar surface area (TPSA) is 59.4 Å². The zero-order chi connectivity index (χ0) is 13.0. The van der Waals surface area contributed by atoms with Gasteiger partial charge in [0, 0.05) is 18.6 Å². The van der Waals surface area contributed by atoms with Crippen LogP contribution in [0, 0.1) is 0 Å². The molecule has 0 saturated heterocycles. The summed E-state index contributed by atoms with van der Waals surface area (Å²) in [6.07, 6.45) is 6.33. The summed E-state index contributed by atoms with van der Waals surface area (Å²) in [5, 5.41) is 10.2. The van der Waals surface area contributed by atoms with Crippen LogP contribution < -0.4 is 0 Å². The third-order valence-electron chi connectivity index (χ3n) is 3.18. The Morgan fingerprint density at radius 1 is 1.56 bits per heavy atom. The van der Waals surface area contributed by atoms with Crippen LogP contribution in [0.1, 0.15) is 36.0 Å². The van der Waals surface area contributed by atoms with Crippen molar-refractivity contribution in [2.45, 2.75) is 42.1 Å². The molecular weight excluding hydrogens is 250 g/mol. The molecule has 2 rings (SSSR count). The van der Waals surface area contributed by atoms with Crippen LogP contribution in [-0.2, 0) is 4.74 Å².